The highest BCUT2D eigenvalue weighted by Crippen LogP contribution is 2.67. The quantitative estimate of drug-likeness (QED) is 0.747. The summed E-state index contributed by atoms with van der Waals surface area (Å²) >= 11 is 0. The summed E-state index contributed by atoms with van der Waals surface area (Å²) in [5, 5.41) is 11.5. The van der Waals surface area contributed by atoms with Crippen molar-refractivity contribution in [2.24, 2.45) is 34.5 Å². The summed E-state index contributed by atoms with van der Waals surface area (Å²) in [4.78, 5) is 14.1. The molecule has 5 nitrogen and oxygen atoms in total. The van der Waals surface area contributed by atoms with Gasteiger partial charge in [-0.25, -0.2) is 0 Å². The number of rotatable bonds is 1. The van der Waals surface area contributed by atoms with Crippen molar-refractivity contribution in [3.8, 4) is 0 Å². The number of piperidine rings is 1. The summed E-state index contributed by atoms with van der Waals surface area (Å²) in [5.41, 5.74) is 1.09. The van der Waals surface area contributed by atoms with Crippen LogP contribution in [-0.4, -0.2) is 48.1 Å². The highest BCUT2D eigenvalue weighted by atomic mass is 16.7. The monoisotopic (exact) mass is 389 g/mol. The zero-order valence-electron chi connectivity index (χ0n) is 17.7. The van der Waals surface area contributed by atoms with Gasteiger partial charge in [0.25, 0.3) is 0 Å². The van der Waals surface area contributed by atoms with Gasteiger partial charge >= 0.3 is 0 Å². The van der Waals surface area contributed by atoms with Crippen molar-refractivity contribution in [3.05, 3.63) is 11.8 Å². The Kier molecular flexibility index (Phi) is 4.12. The van der Waals surface area contributed by atoms with Crippen LogP contribution >= 0.6 is 0 Å². The molecule has 5 heteroatoms. The summed E-state index contributed by atoms with van der Waals surface area (Å²) in [5.74, 6) is 1.32. The first-order valence-electron chi connectivity index (χ1n) is 11.1. The van der Waals surface area contributed by atoms with Crippen LogP contribution in [0, 0.1) is 34.5 Å². The molecule has 1 N–H and O–H groups in total. The number of likely N-dealkylation sites (tertiary alicyclic amines) is 1. The van der Waals surface area contributed by atoms with Crippen molar-refractivity contribution in [1.29, 1.82) is 0 Å². The third kappa shape index (κ3) is 2.33. The van der Waals surface area contributed by atoms with Gasteiger partial charge in [0, 0.05) is 30.5 Å². The van der Waals surface area contributed by atoms with E-state index in [2.05, 4.69) is 26.8 Å². The summed E-state index contributed by atoms with van der Waals surface area (Å²) < 4.78 is 12.2. The van der Waals surface area contributed by atoms with Gasteiger partial charge in [-0.05, 0) is 62.2 Å². The van der Waals surface area contributed by atoms with Crippen LogP contribution < -0.4 is 0 Å². The maximum atomic E-state index is 12.3. The normalized spacial score (nSPS) is 50.0. The molecule has 0 bridgehead atoms. The number of ether oxygens (including phenoxy) is 2. The van der Waals surface area contributed by atoms with E-state index in [1.165, 1.54) is 6.42 Å². The number of hydrogen-bond acceptors (Lipinski definition) is 4. The van der Waals surface area contributed by atoms with E-state index in [9.17, 15) is 9.90 Å². The highest BCUT2D eigenvalue weighted by molar-refractivity contribution is 5.79. The standard InChI is InChI=1S/C23H35NO4/c1-21-10-9-19(26)24(4)18(21)8-5-14-15-6-7-17(23(3)27-11-12-28-23)22(15,2)13-16(25)20(14)21/h8,14-17,20,25H,5-7,9-13H2,1-4H3/t14?,15?,16-,17?,20?,21-,22-/m0/s1. The second kappa shape index (κ2) is 6.05. The molecule has 156 valence electrons. The summed E-state index contributed by atoms with van der Waals surface area (Å²) in [6, 6.07) is 0. The number of carbonyl (C=O) groups excluding carboxylic acids is 1. The molecule has 28 heavy (non-hydrogen) atoms. The van der Waals surface area contributed by atoms with Crippen molar-refractivity contribution >= 4 is 5.91 Å². The lowest BCUT2D eigenvalue weighted by atomic mass is 9.47. The number of aliphatic hydroxyl groups excluding tert-OH is 1. The molecule has 0 aromatic heterocycles. The fourth-order valence-electron chi connectivity index (χ4n) is 8.31. The first-order valence-corrected chi connectivity index (χ1v) is 11.1. The maximum Gasteiger partial charge on any atom is 0.226 e. The molecule has 3 aliphatic carbocycles. The van der Waals surface area contributed by atoms with Crippen LogP contribution in [0.4, 0.5) is 0 Å². The molecule has 1 amide bonds. The second-order valence-electron chi connectivity index (χ2n) is 10.6. The van der Waals surface area contributed by atoms with E-state index >= 15 is 0 Å². The molecule has 2 saturated heterocycles. The minimum atomic E-state index is -0.507. The fourth-order valence-corrected chi connectivity index (χ4v) is 8.31. The largest absolute Gasteiger partial charge is 0.393 e. The van der Waals surface area contributed by atoms with Gasteiger partial charge in [0.05, 0.1) is 19.3 Å². The fraction of sp³-hybridized carbons (Fsp3) is 0.870. The van der Waals surface area contributed by atoms with Crippen molar-refractivity contribution in [2.75, 3.05) is 20.3 Å². The van der Waals surface area contributed by atoms with E-state index in [1.54, 1.807) is 0 Å². The Bertz CT molecular complexity index is 713. The van der Waals surface area contributed by atoms with Crippen LogP contribution in [0.15, 0.2) is 11.8 Å². The number of carbonyl (C=O) groups is 1. The molecule has 0 aromatic rings. The number of fused-ring (bicyclic) bond motifs is 5. The number of amides is 1. The van der Waals surface area contributed by atoms with Gasteiger partial charge in [-0.15, -0.1) is 0 Å². The molecule has 0 radical (unpaired) electrons. The van der Waals surface area contributed by atoms with Gasteiger partial charge in [0.1, 0.15) is 0 Å². The topological polar surface area (TPSA) is 59.0 Å². The van der Waals surface area contributed by atoms with Crippen LogP contribution in [0.25, 0.3) is 0 Å². The van der Waals surface area contributed by atoms with E-state index in [0.29, 0.717) is 37.4 Å². The van der Waals surface area contributed by atoms with Gasteiger partial charge in [-0.2, -0.15) is 0 Å². The Labute approximate surface area is 168 Å². The molecule has 2 aliphatic heterocycles. The SMILES string of the molecule is CN1C(=O)CC[C@@]2(C)C1=CCC1C3CCC(C4(C)OCCO4)[C@@]3(C)C[C@H](O)C12. The first-order chi connectivity index (χ1) is 13.2. The number of aliphatic hydroxyl groups is 1. The van der Waals surface area contributed by atoms with Gasteiger partial charge in [-0.1, -0.05) is 19.9 Å². The van der Waals surface area contributed by atoms with Crippen molar-refractivity contribution < 1.29 is 19.4 Å². The number of hydrogen-bond donors (Lipinski definition) is 1. The molecule has 7 atom stereocenters. The third-order valence-corrected chi connectivity index (χ3v) is 9.44. The minimum Gasteiger partial charge on any atom is -0.393 e. The van der Waals surface area contributed by atoms with E-state index in [-0.39, 0.29) is 28.8 Å². The van der Waals surface area contributed by atoms with Crippen molar-refractivity contribution in [3.63, 3.8) is 0 Å². The van der Waals surface area contributed by atoms with Crippen LogP contribution in [0.3, 0.4) is 0 Å². The lowest BCUT2D eigenvalue weighted by molar-refractivity contribution is -0.224. The molecule has 4 unspecified atom stereocenters. The molecule has 4 fully saturated rings. The smallest absolute Gasteiger partial charge is 0.226 e. The Morgan fingerprint density at radius 3 is 2.61 bits per heavy atom. The minimum absolute atomic E-state index is 0.0394. The number of allylic oxidation sites excluding steroid dienone is 2. The van der Waals surface area contributed by atoms with Gasteiger partial charge in [-0.3, -0.25) is 4.79 Å². The van der Waals surface area contributed by atoms with E-state index in [4.69, 9.17) is 9.47 Å². The Hall–Kier alpha value is -0.910. The van der Waals surface area contributed by atoms with Crippen LogP contribution in [0.1, 0.15) is 59.3 Å². The van der Waals surface area contributed by atoms with Crippen LogP contribution in [0.2, 0.25) is 0 Å². The Balaban J connectivity index is 1.51. The lowest BCUT2D eigenvalue weighted by Crippen LogP contribution is -2.59. The van der Waals surface area contributed by atoms with E-state index in [0.717, 1.165) is 31.4 Å². The number of nitrogens with zero attached hydrogens (tertiary/aromatic N) is 1. The van der Waals surface area contributed by atoms with E-state index in [1.807, 2.05) is 11.9 Å². The molecule has 0 aromatic carbocycles. The average Bonchev–Trinajstić information content (AvgIpc) is 3.22. The Morgan fingerprint density at radius 1 is 1.18 bits per heavy atom. The summed E-state index contributed by atoms with van der Waals surface area (Å²) in [6.45, 7) is 8.13. The molecule has 0 spiro atoms. The molecule has 2 saturated carbocycles. The zero-order chi connectivity index (χ0) is 19.9. The lowest BCUT2D eigenvalue weighted by Gasteiger charge is -2.60. The predicted molar refractivity (Wildman–Crippen MR) is 105 cm³/mol. The second-order valence-corrected chi connectivity index (χ2v) is 10.6. The average molecular weight is 390 g/mol. The molecule has 5 aliphatic rings. The highest BCUT2D eigenvalue weighted by Gasteiger charge is 2.65. The van der Waals surface area contributed by atoms with Crippen molar-refractivity contribution in [1.82, 2.24) is 4.90 Å². The summed E-state index contributed by atoms with van der Waals surface area (Å²) in [6.07, 6.45) is 7.50. The molecular formula is C23H35NO4. The maximum absolute atomic E-state index is 12.3. The van der Waals surface area contributed by atoms with Crippen LogP contribution in [-0.2, 0) is 14.3 Å². The Morgan fingerprint density at radius 2 is 1.89 bits per heavy atom. The molecule has 2 heterocycles. The van der Waals surface area contributed by atoms with Crippen molar-refractivity contribution in [2.45, 2.75) is 71.2 Å². The summed E-state index contributed by atoms with van der Waals surface area (Å²) in [7, 11) is 1.91. The van der Waals surface area contributed by atoms with Gasteiger partial charge in [0.15, 0.2) is 5.79 Å². The third-order valence-electron chi connectivity index (χ3n) is 9.44. The van der Waals surface area contributed by atoms with Crippen LogP contribution in [0.5, 0.6) is 0 Å². The first kappa shape index (κ1) is 19.1. The van der Waals surface area contributed by atoms with E-state index < -0.39 is 5.79 Å². The van der Waals surface area contributed by atoms with Gasteiger partial charge in [0.2, 0.25) is 5.91 Å². The zero-order valence-corrected chi connectivity index (χ0v) is 17.7. The molecular weight excluding hydrogens is 354 g/mol. The predicted octanol–water partition coefficient (Wildman–Crippen LogP) is 3.33. The van der Waals surface area contributed by atoms with Gasteiger partial charge < -0.3 is 19.5 Å². The molecule has 5 rings (SSSR count).